The molecule has 1 N–H and O–H groups in total. The Hall–Kier alpha value is -3.61. The molecule has 30 heavy (non-hydrogen) atoms. The second kappa shape index (κ2) is 8.41. The van der Waals surface area contributed by atoms with Gasteiger partial charge in [0.05, 0.1) is 42.7 Å². The lowest BCUT2D eigenvalue weighted by atomic mass is 9.95. The average Bonchev–Trinajstić information content (AvgIpc) is 3.08. The van der Waals surface area contributed by atoms with Gasteiger partial charge in [0, 0.05) is 12.7 Å². The van der Waals surface area contributed by atoms with Crippen molar-refractivity contribution in [3.63, 3.8) is 0 Å². The van der Waals surface area contributed by atoms with Crippen molar-refractivity contribution >= 4 is 11.9 Å². The van der Waals surface area contributed by atoms with Crippen LogP contribution in [0.25, 0.3) is 0 Å². The number of nitrogens with zero attached hydrogens (tertiary/aromatic N) is 3. The highest BCUT2D eigenvalue weighted by Crippen LogP contribution is 2.37. The number of carbonyl (C=O) groups excluding carboxylic acids is 2. The lowest BCUT2D eigenvalue weighted by Crippen LogP contribution is -2.47. The maximum Gasteiger partial charge on any atom is 0.322 e. The fourth-order valence-electron chi connectivity index (χ4n) is 3.86. The highest BCUT2D eigenvalue weighted by atomic mass is 16.5. The van der Waals surface area contributed by atoms with Crippen LogP contribution in [0.5, 0.6) is 5.75 Å². The standard InChI is InChI=1S/C23H24N4O3/c1-3-13-27-19-15-26(14-17-7-5-6-12-24-17)22(28)20(19)21(25-23(27)29)16-8-10-18(11-9-16)30-4-2/h3,5-12,21H,1,4,13-15H2,2H3,(H,25,29). The molecule has 7 nitrogen and oxygen atoms in total. The largest absolute Gasteiger partial charge is 0.494 e. The first kappa shape index (κ1) is 19.7. The van der Waals surface area contributed by atoms with Gasteiger partial charge in [0.25, 0.3) is 5.91 Å². The van der Waals surface area contributed by atoms with Gasteiger partial charge < -0.3 is 15.0 Å². The Morgan fingerprint density at radius 2 is 2.03 bits per heavy atom. The first-order valence-corrected chi connectivity index (χ1v) is 9.96. The number of urea groups is 1. The van der Waals surface area contributed by atoms with Gasteiger partial charge in [-0.3, -0.25) is 14.7 Å². The van der Waals surface area contributed by atoms with Gasteiger partial charge >= 0.3 is 6.03 Å². The first-order chi connectivity index (χ1) is 14.6. The van der Waals surface area contributed by atoms with Gasteiger partial charge in [0.1, 0.15) is 5.75 Å². The van der Waals surface area contributed by atoms with E-state index in [1.807, 2.05) is 49.4 Å². The monoisotopic (exact) mass is 404 g/mol. The number of hydrogen-bond acceptors (Lipinski definition) is 4. The number of pyridine rings is 1. The third kappa shape index (κ3) is 3.66. The molecule has 2 aromatic rings. The lowest BCUT2D eigenvalue weighted by molar-refractivity contribution is -0.126. The number of nitrogens with one attached hydrogen (secondary N) is 1. The molecule has 0 saturated carbocycles. The van der Waals surface area contributed by atoms with E-state index in [9.17, 15) is 9.59 Å². The third-order valence-electron chi connectivity index (χ3n) is 5.21. The van der Waals surface area contributed by atoms with Gasteiger partial charge in [-0.05, 0) is 36.8 Å². The lowest BCUT2D eigenvalue weighted by Gasteiger charge is -2.33. The number of amides is 3. The van der Waals surface area contributed by atoms with E-state index in [2.05, 4.69) is 16.9 Å². The number of hydrogen-bond donors (Lipinski definition) is 1. The molecule has 0 bridgehead atoms. The highest BCUT2D eigenvalue weighted by molar-refractivity contribution is 6.01. The molecule has 1 atom stereocenters. The van der Waals surface area contributed by atoms with E-state index in [4.69, 9.17) is 4.74 Å². The molecule has 0 aliphatic carbocycles. The van der Waals surface area contributed by atoms with Gasteiger partial charge in [-0.15, -0.1) is 6.58 Å². The van der Waals surface area contributed by atoms with Crippen molar-refractivity contribution in [3.05, 3.63) is 83.8 Å². The summed E-state index contributed by atoms with van der Waals surface area (Å²) in [5.41, 5.74) is 2.96. The fraction of sp³-hybridized carbons (Fsp3) is 0.261. The van der Waals surface area contributed by atoms with Crippen LogP contribution in [0, 0.1) is 0 Å². The summed E-state index contributed by atoms with van der Waals surface area (Å²) in [6.45, 7) is 7.33. The van der Waals surface area contributed by atoms with Crippen LogP contribution >= 0.6 is 0 Å². The van der Waals surface area contributed by atoms with Crippen LogP contribution < -0.4 is 10.1 Å². The SMILES string of the molecule is C=CCN1C(=O)NC(c2ccc(OCC)cc2)C2=C1CN(Cc1ccccn1)C2=O. The highest BCUT2D eigenvalue weighted by Gasteiger charge is 2.43. The molecule has 3 heterocycles. The maximum absolute atomic E-state index is 13.4. The van der Waals surface area contributed by atoms with E-state index in [0.717, 1.165) is 22.7 Å². The van der Waals surface area contributed by atoms with Crippen LogP contribution in [-0.4, -0.2) is 46.4 Å². The van der Waals surface area contributed by atoms with Crippen LogP contribution in [-0.2, 0) is 11.3 Å². The molecule has 2 aliphatic rings. The average molecular weight is 404 g/mol. The van der Waals surface area contributed by atoms with Crippen LogP contribution in [0.1, 0.15) is 24.2 Å². The Labute approximate surface area is 175 Å². The van der Waals surface area contributed by atoms with Gasteiger partial charge in [-0.25, -0.2) is 4.79 Å². The van der Waals surface area contributed by atoms with Crippen LogP contribution in [0.4, 0.5) is 4.79 Å². The number of carbonyl (C=O) groups is 2. The van der Waals surface area contributed by atoms with Crippen molar-refractivity contribution in [2.75, 3.05) is 19.7 Å². The van der Waals surface area contributed by atoms with Crippen LogP contribution in [0.15, 0.2) is 72.6 Å². The van der Waals surface area contributed by atoms with E-state index in [1.54, 1.807) is 22.1 Å². The van der Waals surface area contributed by atoms with Crippen molar-refractivity contribution in [3.8, 4) is 5.75 Å². The molecule has 154 valence electrons. The second-order valence-electron chi connectivity index (χ2n) is 7.13. The molecule has 0 saturated heterocycles. The van der Waals surface area contributed by atoms with Crippen molar-refractivity contribution in [1.29, 1.82) is 0 Å². The molecular weight excluding hydrogens is 380 g/mol. The van der Waals surface area contributed by atoms with Crippen molar-refractivity contribution in [1.82, 2.24) is 20.1 Å². The Morgan fingerprint density at radius 3 is 2.70 bits per heavy atom. The van der Waals surface area contributed by atoms with E-state index in [0.29, 0.717) is 31.8 Å². The van der Waals surface area contributed by atoms with Gasteiger partial charge in [-0.2, -0.15) is 0 Å². The Morgan fingerprint density at radius 1 is 1.23 bits per heavy atom. The summed E-state index contributed by atoms with van der Waals surface area (Å²) in [7, 11) is 0. The van der Waals surface area contributed by atoms with Gasteiger partial charge in [0.2, 0.25) is 0 Å². The predicted molar refractivity (Wildman–Crippen MR) is 112 cm³/mol. The maximum atomic E-state index is 13.4. The molecule has 4 rings (SSSR count). The van der Waals surface area contributed by atoms with Crippen LogP contribution in [0.3, 0.4) is 0 Å². The summed E-state index contributed by atoms with van der Waals surface area (Å²) in [6.07, 6.45) is 3.37. The van der Waals surface area contributed by atoms with Crippen molar-refractivity contribution < 1.29 is 14.3 Å². The molecule has 0 radical (unpaired) electrons. The van der Waals surface area contributed by atoms with E-state index in [1.165, 1.54) is 0 Å². The molecule has 2 aliphatic heterocycles. The van der Waals surface area contributed by atoms with Crippen molar-refractivity contribution in [2.45, 2.75) is 19.5 Å². The normalized spacial score (nSPS) is 18.4. The zero-order valence-corrected chi connectivity index (χ0v) is 16.9. The Balaban J connectivity index is 1.67. The Bertz CT molecular complexity index is 985. The van der Waals surface area contributed by atoms with E-state index in [-0.39, 0.29) is 11.9 Å². The fourth-order valence-corrected chi connectivity index (χ4v) is 3.86. The zero-order chi connectivity index (χ0) is 21.1. The third-order valence-corrected chi connectivity index (χ3v) is 5.21. The molecule has 7 heteroatoms. The summed E-state index contributed by atoms with van der Waals surface area (Å²) in [4.78, 5) is 33.8. The second-order valence-corrected chi connectivity index (χ2v) is 7.13. The smallest absolute Gasteiger partial charge is 0.322 e. The minimum Gasteiger partial charge on any atom is -0.494 e. The molecule has 1 unspecified atom stereocenters. The molecular formula is C23H24N4O3. The van der Waals surface area contributed by atoms with E-state index < -0.39 is 6.04 Å². The number of rotatable bonds is 7. The number of aromatic nitrogens is 1. The van der Waals surface area contributed by atoms with E-state index >= 15 is 0 Å². The number of ether oxygens (including phenoxy) is 1. The summed E-state index contributed by atoms with van der Waals surface area (Å²) >= 11 is 0. The summed E-state index contributed by atoms with van der Waals surface area (Å²) < 4.78 is 5.51. The molecule has 1 aromatic carbocycles. The minimum absolute atomic E-state index is 0.0939. The van der Waals surface area contributed by atoms with Crippen molar-refractivity contribution in [2.24, 2.45) is 0 Å². The molecule has 1 aromatic heterocycles. The molecule has 3 amide bonds. The summed E-state index contributed by atoms with van der Waals surface area (Å²) in [5.74, 6) is 0.656. The topological polar surface area (TPSA) is 74.8 Å². The summed E-state index contributed by atoms with van der Waals surface area (Å²) in [6, 6.07) is 12.4. The molecule has 0 fully saturated rings. The number of benzene rings is 1. The van der Waals surface area contributed by atoms with Gasteiger partial charge in [0.15, 0.2) is 0 Å². The predicted octanol–water partition coefficient (Wildman–Crippen LogP) is 3.03. The van der Waals surface area contributed by atoms with Crippen LogP contribution in [0.2, 0.25) is 0 Å². The quantitative estimate of drug-likeness (QED) is 0.720. The summed E-state index contributed by atoms with van der Waals surface area (Å²) in [5, 5.41) is 2.98. The Kier molecular flexibility index (Phi) is 5.52. The van der Waals surface area contributed by atoms with Gasteiger partial charge in [-0.1, -0.05) is 24.3 Å². The minimum atomic E-state index is -0.509. The molecule has 0 spiro atoms. The first-order valence-electron chi connectivity index (χ1n) is 9.96. The zero-order valence-electron chi connectivity index (χ0n) is 16.9.